The summed E-state index contributed by atoms with van der Waals surface area (Å²) in [6.07, 6.45) is 8.33. The Morgan fingerprint density at radius 1 is 0.812 bits per heavy atom. The number of methoxy groups -OCH3 is 1. The van der Waals surface area contributed by atoms with Gasteiger partial charge in [-0.3, -0.25) is 0 Å². The first kappa shape index (κ1) is 13.9. The molecule has 0 spiro atoms. The van der Waals surface area contributed by atoms with Crippen molar-refractivity contribution in [1.82, 2.24) is 0 Å². The molecule has 1 aliphatic rings. The number of hydrogen-bond donors (Lipinski definition) is 0. The third kappa shape index (κ3) is 7.20. The molecule has 0 atom stereocenters. The molecule has 96 valence electrons. The van der Waals surface area contributed by atoms with Crippen molar-refractivity contribution < 1.29 is 14.2 Å². The van der Waals surface area contributed by atoms with E-state index >= 15 is 0 Å². The van der Waals surface area contributed by atoms with Crippen molar-refractivity contribution in [2.45, 2.75) is 38.5 Å². The van der Waals surface area contributed by atoms with E-state index in [4.69, 9.17) is 14.2 Å². The molecule has 1 aliphatic carbocycles. The van der Waals surface area contributed by atoms with Gasteiger partial charge in [-0.2, -0.15) is 0 Å². The summed E-state index contributed by atoms with van der Waals surface area (Å²) in [7, 11) is 1.68. The molecule has 1 rings (SSSR count). The summed E-state index contributed by atoms with van der Waals surface area (Å²) in [5.74, 6) is 0.920. The quantitative estimate of drug-likeness (QED) is 0.570. The molecule has 0 unspecified atom stereocenters. The lowest BCUT2D eigenvalue weighted by atomic mass is 9.87. The van der Waals surface area contributed by atoms with Crippen LogP contribution in [0.15, 0.2) is 0 Å². The highest BCUT2D eigenvalue weighted by Gasteiger charge is 2.12. The van der Waals surface area contributed by atoms with Gasteiger partial charge in [0.1, 0.15) is 0 Å². The summed E-state index contributed by atoms with van der Waals surface area (Å²) < 4.78 is 15.7. The second-order valence-electron chi connectivity index (χ2n) is 4.51. The van der Waals surface area contributed by atoms with Gasteiger partial charge >= 0.3 is 0 Å². The average Bonchev–Trinajstić information content (AvgIpc) is 2.34. The van der Waals surface area contributed by atoms with Gasteiger partial charge in [0.05, 0.1) is 26.4 Å². The molecule has 0 aromatic carbocycles. The molecule has 0 N–H and O–H groups in total. The molecule has 0 heterocycles. The lowest BCUT2D eigenvalue weighted by Gasteiger charge is -2.21. The van der Waals surface area contributed by atoms with E-state index in [1.165, 1.54) is 38.5 Å². The molecule has 16 heavy (non-hydrogen) atoms. The third-order valence-electron chi connectivity index (χ3n) is 3.20. The molecule has 0 aromatic rings. The molecule has 0 bridgehead atoms. The van der Waals surface area contributed by atoms with Crippen molar-refractivity contribution in [3.8, 4) is 0 Å². The highest BCUT2D eigenvalue weighted by atomic mass is 16.5. The van der Waals surface area contributed by atoms with Crippen molar-refractivity contribution in [2.75, 3.05) is 40.1 Å². The van der Waals surface area contributed by atoms with Crippen LogP contribution in [0.3, 0.4) is 0 Å². The zero-order chi connectivity index (χ0) is 11.5. The fourth-order valence-electron chi connectivity index (χ4n) is 2.19. The van der Waals surface area contributed by atoms with Crippen LogP contribution in [0, 0.1) is 5.92 Å². The van der Waals surface area contributed by atoms with Crippen LogP contribution in [0.4, 0.5) is 0 Å². The van der Waals surface area contributed by atoms with E-state index < -0.39 is 0 Å². The van der Waals surface area contributed by atoms with Crippen LogP contribution < -0.4 is 0 Å². The van der Waals surface area contributed by atoms with Crippen molar-refractivity contribution in [3.63, 3.8) is 0 Å². The van der Waals surface area contributed by atoms with Gasteiger partial charge in [0, 0.05) is 13.7 Å². The van der Waals surface area contributed by atoms with Gasteiger partial charge in [0.25, 0.3) is 0 Å². The van der Waals surface area contributed by atoms with Gasteiger partial charge in [-0.25, -0.2) is 0 Å². The van der Waals surface area contributed by atoms with E-state index in [1.54, 1.807) is 7.11 Å². The summed E-state index contributed by atoms with van der Waals surface area (Å²) in [6.45, 7) is 3.65. The van der Waals surface area contributed by atoms with Crippen LogP contribution in [0.2, 0.25) is 0 Å². The Labute approximate surface area is 99.5 Å². The molecule has 3 nitrogen and oxygen atoms in total. The number of ether oxygens (including phenoxy) is 3. The SMILES string of the molecule is COCCOCCOCCC1CCCCC1. The Bertz CT molecular complexity index is 144. The first-order valence-electron chi connectivity index (χ1n) is 6.58. The molecule has 3 heteroatoms. The van der Waals surface area contributed by atoms with Crippen molar-refractivity contribution in [3.05, 3.63) is 0 Å². The van der Waals surface area contributed by atoms with Crippen LogP contribution >= 0.6 is 0 Å². The minimum Gasteiger partial charge on any atom is -0.382 e. The number of rotatable bonds is 9. The van der Waals surface area contributed by atoms with Crippen LogP contribution in [0.25, 0.3) is 0 Å². The molecular weight excluding hydrogens is 204 g/mol. The maximum absolute atomic E-state index is 5.55. The molecule has 0 radical (unpaired) electrons. The normalized spacial score (nSPS) is 17.8. The minimum absolute atomic E-state index is 0.669. The van der Waals surface area contributed by atoms with Crippen LogP contribution in [-0.2, 0) is 14.2 Å². The van der Waals surface area contributed by atoms with Crippen LogP contribution in [0.1, 0.15) is 38.5 Å². The van der Waals surface area contributed by atoms with Crippen molar-refractivity contribution in [1.29, 1.82) is 0 Å². The summed E-state index contributed by atoms with van der Waals surface area (Å²) in [4.78, 5) is 0. The highest BCUT2D eigenvalue weighted by Crippen LogP contribution is 2.25. The third-order valence-corrected chi connectivity index (χ3v) is 3.20. The van der Waals surface area contributed by atoms with Crippen molar-refractivity contribution >= 4 is 0 Å². The van der Waals surface area contributed by atoms with E-state index in [1.807, 2.05) is 0 Å². The first-order chi connectivity index (χ1) is 7.93. The summed E-state index contributed by atoms with van der Waals surface area (Å²) in [6, 6.07) is 0. The largest absolute Gasteiger partial charge is 0.382 e. The van der Waals surface area contributed by atoms with Gasteiger partial charge in [-0.15, -0.1) is 0 Å². The molecule has 0 saturated heterocycles. The molecule has 1 fully saturated rings. The fraction of sp³-hybridized carbons (Fsp3) is 1.00. The predicted octanol–water partition coefficient (Wildman–Crippen LogP) is 2.64. The lowest BCUT2D eigenvalue weighted by molar-refractivity contribution is 0.0209. The smallest absolute Gasteiger partial charge is 0.0701 e. The lowest BCUT2D eigenvalue weighted by Crippen LogP contribution is -2.12. The zero-order valence-corrected chi connectivity index (χ0v) is 10.6. The minimum atomic E-state index is 0.669. The Morgan fingerprint density at radius 2 is 1.44 bits per heavy atom. The van der Waals surface area contributed by atoms with Gasteiger partial charge in [-0.05, 0) is 12.3 Å². The fourth-order valence-corrected chi connectivity index (χ4v) is 2.19. The van der Waals surface area contributed by atoms with E-state index in [2.05, 4.69) is 0 Å². The van der Waals surface area contributed by atoms with Crippen molar-refractivity contribution in [2.24, 2.45) is 5.92 Å². The van der Waals surface area contributed by atoms with Gasteiger partial charge < -0.3 is 14.2 Å². The van der Waals surface area contributed by atoms with E-state index in [0.29, 0.717) is 19.8 Å². The topological polar surface area (TPSA) is 27.7 Å². The zero-order valence-electron chi connectivity index (χ0n) is 10.6. The standard InChI is InChI=1S/C13H26O3/c1-14-9-10-16-12-11-15-8-7-13-5-3-2-4-6-13/h13H,2-12H2,1H3. The first-order valence-corrected chi connectivity index (χ1v) is 6.58. The van der Waals surface area contributed by atoms with Gasteiger partial charge in [-0.1, -0.05) is 32.1 Å². The maximum atomic E-state index is 5.55. The van der Waals surface area contributed by atoms with E-state index in [0.717, 1.165) is 19.1 Å². The Morgan fingerprint density at radius 3 is 2.12 bits per heavy atom. The van der Waals surface area contributed by atoms with Gasteiger partial charge in [0.2, 0.25) is 0 Å². The summed E-state index contributed by atoms with van der Waals surface area (Å²) in [5, 5.41) is 0. The van der Waals surface area contributed by atoms with E-state index in [-0.39, 0.29) is 0 Å². The molecule has 0 amide bonds. The second-order valence-corrected chi connectivity index (χ2v) is 4.51. The Hall–Kier alpha value is -0.120. The average molecular weight is 230 g/mol. The molecular formula is C13H26O3. The van der Waals surface area contributed by atoms with E-state index in [9.17, 15) is 0 Å². The maximum Gasteiger partial charge on any atom is 0.0701 e. The summed E-state index contributed by atoms with van der Waals surface area (Å²) >= 11 is 0. The number of hydrogen-bond acceptors (Lipinski definition) is 3. The molecule has 1 saturated carbocycles. The predicted molar refractivity (Wildman–Crippen MR) is 64.7 cm³/mol. The molecule has 0 aliphatic heterocycles. The molecule has 0 aromatic heterocycles. The van der Waals surface area contributed by atoms with Gasteiger partial charge in [0.15, 0.2) is 0 Å². The Kier molecular flexibility index (Phi) is 8.77. The van der Waals surface area contributed by atoms with Crippen LogP contribution in [0.5, 0.6) is 0 Å². The summed E-state index contributed by atoms with van der Waals surface area (Å²) in [5.41, 5.74) is 0. The Balaban J connectivity index is 1.77. The monoisotopic (exact) mass is 230 g/mol. The highest BCUT2D eigenvalue weighted by molar-refractivity contribution is 4.65. The van der Waals surface area contributed by atoms with Crippen LogP contribution in [-0.4, -0.2) is 40.1 Å². The second kappa shape index (κ2) is 10.1.